The number of nitrogens with one attached hydrogen (secondary N) is 1. The second-order valence-corrected chi connectivity index (χ2v) is 9.31. The third kappa shape index (κ3) is 4.19. The number of amides is 1. The van der Waals surface area contributed by atoms with E-state index in [4.69, 9.17) is 0 Å². The third-order valence-corrected chi connectivity index (χ3v) is 6.72. The number of hydrogen-bond acceptors (Lipinski definition) is 5. The molecule has 5 aromatic rings. The molecule has 2 aromatic heterocycles. The average Bonchev–Trinajstić information content (AvgIpc) is 3.26. The Hall–Kier alpha value is -3.98. The van der Waals surface area contributed by atoms with Crippen LogP contribution in [0.25, 0.3) is 22.4 Å². The van der Waals surface area contributed by atoms with Crippen LogP contribution in [0, 0.1) is 26.6 Å². The van der Waals surface area contributed by atoms with Gasteiger partial charge in [-0.15, -0.1) is 10.2 Å². The molecule has 0 spiro atoms. The maximum Gasteiger partial charge on any atom is 0.267 e. The Morgan fingerprint density at radius 1 is 1.00 bits per heavy atom. The molecule has 0 bridgehead atoms. The van der Waals surface area contributed by atoms with E-state index < -0.39 is 0 Å². The van der Waals surface area contributed by atoms with Crippen molar-refractivity contribution in [3.8, 4) is 5.69 Å². The topological polar surface area (TPSA) is 81.3 Å². The van der Waals surface area contributed by atoms with Crippen LogP contribution in [-0.2, 0) is 4.79 Å². The van der Waals surface area contributed by atoms with E-state index >= 15 is 0 Å². The average molecular weight is 488 g/mol. The van der Waals surface area contributed by atoms with Crippen LogP contribution in [0.1, 0.15) is 16.7 Å². The van der Waals surface area contributed by atoms with Gasteiger partial charge < -0.3 is 5.32 Å². The molecule has 1 amide bonds. The first-order chi connectivity index (χ1) is 16.8. The standard InChI is InChI=1S/C26H22FN5O2S/c1-15-8-9-17(3)22(12-15)31-24(34)19-6-4-5-7-21(19)32-25(31)29-30-26(32)35-14-23(33)28-18-11-10-16(2)20(27)13-18/h4-13H,14H2,1-3H3,(H,28,33). The molecule has 9 heteroatoms. The molecule has 3 aromatic carbocycles. The Bertz CT molecular complexity index is 1670. The molecule has 7 nitrogen and oxygen atoms in total. The van der Waals surface area contributed by atoms with Gasteiger partial charge in [0.15, 0.2) is 5.16 Å². The summed E-state index contributed by atoms with van der Waals surface area (Å²) < 4.78 is 17.2. The number of nitrogens with zero attached hydrogens (tertiary/aromatic N) is 4. The predicted octanol–water partition coefficient (Wildman–Crippen LogP) is 4.83. The fourth-order valence-corrected chi connectivity index (χ4v) is 4.69. The van der Waals surface area contributed by atoms with E-state index in [-0.39, 0.29) is 23.0 Å². The number of benzene rings is 3. The Morgan fingerprint density at radius 3 is 2.57 bits per heavy atom. The second-order valence-electron chi connectivity index (χ2n) is 8.37. The Balaban J connectivity index is 1.56. The minimum atomic E-state index is -0.380. The van der Waals surface area contributed by atoms with Crippen LogP contribution in [0.5, 0.6) is 0 Å². The lowest BCUT2D eigenvalue weighted by Crippen LogP contribution is -2.22. The van der Waals surface area contributed by atoms with Crippen LogP contribution < -0.4 is 10.9 Å². The van der Waals surface area contributed by atoms with E-state index in [0.29, 0.717) is 33.1 Å². The molecule has 0 unspecified atom stereocenters. The normalized spacial score (nSPS) is 11.3. The van der Waals surface area contributed by atoms with Crippen molar-refractivity contribution in [2.45, 2.75) is 25.9 Å². The quantitative estimate of drug-likeness (QED) is 0.359. The molecule has 35 heavy (non-hydrogen) atoms. The lowest BCUT2D eigenvalue weighted by Gasteiger charge is -2.14. The van der Waals surface area contributed by atoms with Gasteiger partial charge in [0.1, 0.15) is 5.82 Å². The summed E-state index contributed by atoms with van der Waals surface area (Å²) in [6, 6.07) is 17.7. The zero-order chi connectivity index (χ0) is 24.7. The first-order valence-corrected chi connectivity index (χ1v) is 12.0. The van der Waals surface area contributed by atoms with Crippen molar-refractivity contribution in [2.24, 2.45) is 0 Å². The van der Waals surface area contributed by atoms with Gasteiger partial charge in [0.25, 0.3) is 5.56 Å². The summed E-state index contributed by atoms with van der Waals surface area (Å²) in [6.07, 6.45) is 0. The SMILES string of the molecule is Cc1ccc(C)c(-n2c(=O)c3ccccc3n3c(SCC(=O)Nc4ccc(C)c(F)c4)nnc23)c1. The molecule has 1 N–H and O–H groups in total. The summed E-state index contributed by atoms with van der Waals surface area (Å²) >= 11 is 1.19. The van der Waals surface area contributed by atoms with E-state index in [0.717, 1.165) is 16.8 Å². The molecule has 0 atom stereocenters. The van der Waals surface area contributed by atoms with Gasteiger partial charge in [-0.25, -0.2) is 8.96 Å². The molecule has 0 radical (unpaired) electrons. The maximum atomic E-state index is 13.8. The Kier molecular flexibility index (Phi) is 5.86. The minimum Gasteiger partial charge on any atom is -0.325 e. The summed E-state index contributed by atoms with van der Waals surface area (Å²) in [5.74, 6) is -0.282. The van der Waals surface area contributed by atoms with E-state index in [1.165, 1.54) is 17.8 Å². The van der Waals surface area contributed by atoms with Gasteiger partial charge >= 0.3 is 0 Å². The fourth-order valence-electron chi connectivity index (χ4n) is 3.95. The van der Waals surface area contributed by atoms with Crippen LogP contribution in [0.2, 0.25) is 0 Å². The zero-order valence-corrected chi connectivity index (χ0v) is 20.2. The molecule has 176 valence electrons. The molecule has 0 saturated heterocycles. The Morgan fingerprint density at radius 2 is 1.77 bits per heavy atom. The van der Waals surface area contributed by atoms with Gasteiger partial charge in [0, 0.05) is 5.69 Å². The van der Waals surface area contributed by atoms with Crippen molar-refractivity contribution in [2.75, 3.05) is 11.1 Å². The van der Waals surface area contributed by atoms with Crippen LogP contribution in [0.15, 0.2) is 70.6 Å². The highest BCUT2D eigenvalue weighted by Crippen LogP contribution is 2.25. The molecule has 0 aliphatic rings. The molecule has 0 aliphatic heterocycles. The number of para-hydroxylation sites is 1. The highest BCUT2D eigenvalue weighted by molar-refractivity contribution is 7.99. The summed E-state index contributed by atoms with van der Waals surface area (Å²) in [4.78, 5) is 26.1. The van der Waals surface area contributed by atoms with Crippen molar-refractivity contribution in [3.63, 3.8) is 0 Å². The minimum absolute atomic E-state index is 0.0349. The monoisotopic (exact) mass is 487 g/mol. The van der Waals surface area contributed by atoms with E-state index in [1.807, 2.05) is 50.2 Å². The highest BCUT2D eigenvalue weighted by atomic mass is 32.2. The number of halogens is 1. The van der Waals surface area contributed by atoms with Gasteiger partial charge in [-0.3, -0.25) is 14.0 Å². The van der Waals surface area contributed by atoms with E-state index in [1.54, 1.807) is 34.1 Å². The number of rotatable bonds is 5. The number of aryl methyl sites for hydroxylation is 3. The predicted molar refractivity (Wildman–Crippen MR) is 136 cm³/mol. The summed E-state index contributed by atoms with van der Waals surface area (Å²) in [5, 5.41) is 12.3. The van der Waals surface area contributed by atoms with Crippen LogP contribution in [0.4, 0.5) is 10.1 Å². The molecular formula is C26H22FN5O2S. The van der Waals surface area contributed by atoms with E-state index in [2.05, 4.69) is 15.5 Å². The van der Waals surface area contributed by atoms with Gasteiger partial charge in [-0.2, -0.15) is 0 Å². The summed E-state index contributed by atoms with van der Waals surface area (Å²) in [7, 11) is 0. The molecule has 5 rings (SSSR count). The molecule has 0 aliphatic carbocycles. The van der Waals surface area contributed by atoms with Gasteiger partial charge in [0.2, 0.25) is 11.7 Å². The first-order valence-electron chi connectivity index (χ1n) is 11.0. The van der Waals surface area contributed by atoms with Crippen molar-refractivity contribution >= 4 is 40.0 Å². The van der Waals surface area contributed by atoms with Gasteiger partial charge in [-0.1, -0.05) is 42.1 Å². The van der Waals surface area contributed by atoms with Crippen LogP contribution >= 0.6 is 11.8 Å². The third-order valence-electron chi connectivity index (χ3n) is 5.79. The lowest BCUT2D eigenvalue weighted by molar-refractivity contribution is -0.113. The smallest absolute Gasteiger partial charge is 0.267 e. The summed E-state index contributed by atoms with van der Waals surface area (Å²) in [6.45, 7) is 5.57. The van der Waals surface area contributed by atoms with Crippen LogP contribution in [0.3, 0.4) is 0 Å². The summed E-state index contributed by atoms with van der Waals surface area (Å²) in [5.41, 5.74) is 4.04. The van der Waals surface area contributed by atoms with Gasteiger partial charge in [0.05, 0.1) is 22.3 Å². The first kappa shape index (κ1) is 22.8. The fraction of sp³-hybridized carbons (Fsp3) is 0.154. The molecular weight excluding hydrogens is 465 g/mol. The van der Waals surface area contributed by atoms with Crippen molar-refractivity contribution in [1.82, 2.24) is 19.2 Å². The van der Waals surface area contributed by atoms with Crippen LogP contribution in [-0.4, -0.2) is 30.8 Å². The van der Waals surface area contributed by atoms with E-state index in [9.17, 15) is 14.0 Å². The van der Waals surface area contributed by atoms with Crippen molar-refractivity contribution in [1.29, 1.82) is 0 Å². The zero-order valence-electron chi connectivity index (χ0n) is 19.4. The number of carbonyl (C=O) groups excluding carboxylic acids is 1. The second kappa shape index (κ2) is 8.99. The Labute approximate surface area is 204 Å². The van der Waals surface area contributed by atoms with Gasteiger partial charge in [-0.05, 0) is 67.8 Å². The molecule has 0 fully saturated rings. The lowest BCUT2D eigenvalue weighted by atomic mass is 10.1. The van der Waals surface area contributed by atoms with Crippen molar-refractivity contribution < 1.29 is 9.18 Å². The maximum absolute atomic E-state index is 13.8. The largest absolute Gasteiger partial charge is 0.325 e. The highest BCUT2D eigenvalue weighted by Gasteiger charge is 2.19. The number of anilines is 1. The molecule has 2 heterocycles. The number of aromatic nitrogens is 4. The molecule has 0 saturated carbocycles. The number of hydrogen-bond donors (Lipinski definition) is 1. The number of carbonyl (C=O) groups is 1. The number of fused-ring (bicyclic) bond motifs is 3. The van der Waals surface area contributed by atoms with Crippen molar-refractivity contribution in [3.05, 3.63) is 93.5 Å². The number of thioether (sulfide) groups is 1.